The predicted molar refractivity (Wildman–Crippen MR) is 83.8 cm³/mol. The summed E-state index contributed by atoms with van der Waals surface area (Å²) in [6, 6.07) is 8.17. The summed E-state index contributed by atoms with van der Waals surface area (Å²) in [5, 5.41) is 12.4. The Morgan fingerprint density at radius 2 is 2.10 bits per heavy atom. The molecular formula is C17H25N3. The lowest BCUT2D eigenvalue weighted by atomic mass is 9.92. The van der Waals surface area contributed by atoms with Crippen molar-refractivity contribution in [2.75, 3.05) is 32.0 Å². The average Bonchev–Trinajstić information content (AvgIpc) is 2.46. The maximum Gasteiger partial charge on any atom is 0.0994 e. The van der Waals surface area contributed by atoms with Crippen LogP contribution in [0.15, 0.2) is 18.2 Å². The van der Waals surface area contributed by atoms with Crippen LogP contribution in [0.3, 0.4) is 0 Å². The SMILES string of the molecule is Cc1cc(NCCCC2CCN(C)CC2)ccc1C#N. The van der Waals surface area contributed by atoms with Gasteiger partial charge in [0.15, 0.2) is 0 Å². The van der Waals surface area contributed by atoms with E-state index in [1.165, 1.54) is 38.8 Å². The number of aryl methyl sites for hydroxylation is 1. The Labute approximate surface area is 122 Å². The fourth-order valence-electron chi connectivity index (χ4n) is 2.87. The fourth-order valence-corrected chi connectivity index (χ4v) is 2.87. The smallest absolute Gasteiger partial charge is 0.0994 e. The van der Waals surface area contributed by atoms with Gasteiger partial charge in [-0.05, 0) is 82.4 Å². The number of likely N-dealkylation sites (tertiary alicyclic amines) is 1. The lowest BCUT2D eigenvalue weighted by Gasteiger charge is -2.28. The third-order valence-electron chi connectivity index (χ3n) is 4.30. The molecule has 0 saturated carbocycles. The van der Waals surface area contributed by atoms with Crippen LogP contribution in [0.2, 0.25) is 0 Å². The molecule has 0 amide bonds. The van der Waals surface area contributed by atoms with E-state index >= 15 is 0 Å². The van der Waals surface area contributed by atoms with Crippen molar-refractivity contribution in [3.05, 3.63) is 29.3 Å². The van der Waals surface area contributed by atoms with E-state index in [0.29, 0.717) is 0 Å². The van der Waals surface area contributed by atoms with Gasteiger partial charge in [-0.25, -0.2) is 0 Å². The molecule has 1 heterocycles. The highest BCUT2D eigenvalue weighted by Crippen LogP contribution is 2.21. The van der Waals surface area contributed by atoms with E-state index in [-0.39, 0.29) is 0 Å². The summed E-state index contributed by atoms with van der Waals surface area (Å²) in [6.07, 6.45) is 5.27. The van der Waals surface area contributed by atoms with Gasteiger partial charge in [-0.3, -0.25) is 0 Å². The summed E-state index contributed by atoms with van der Waals surface area (Å²) < 4.78 is 0. The summed E-state index contributed by atoms with van der Waals surface area (Å²) in [4.78, 5) is 2.42. The minimum Gasteiger partial charge on any atom is -0.385 e. The van der Waals surface area contributed by atoms with E-state index in [1.807, 2.05) is 19.1 Å². The zero-order chi connectivity index (χ0) is 14.4. The third kappa shape index (κ3) is 4.25. The van der Waals surface area contributed by atoms with E-state index in [2.05, 4.69) is 29.4 Å². The van der Waals surface area contributed by atoms with Gasteiger partial charge in [0.05, 0.1) is 11.6 Å². The van der Waals surface area contributed by atoms with Gasteiger partial charge in [-0.2, -0.15) is 5.26 Å². The normalized spacial score (nSPS) is 16.9. The molecule has 3 heteroatoms. The van der Waals surface area contributed by atoms with Gasteiger partial charge in [0.25, 0.3) is 0 Å². The molecule has 1 aromatic rings. The molecule has 1 N–H and O–H groups in total. The molecule has 108 valence electrons. The van der Waals surface area contributed by atoms with Crippen LogP contribution in [0, 0.1) is 24.2 Å². The van der Waals surface area contributed by atoms with Crippen molar-refractivity contribution in [1.29, 1.82) is 5.26 Å². The topological polar surface area (TPSA) is 39.1 Å². The maximum absolute atomic E-state index is 8.91. The Bertz CT molecular complexity index is 468. The van der Waals surface area contributed by atoms with E-state index in [0.717, 1.165) is 29.3 Å². The number of hydrogen-bond donors (Lipinski definition) is 1. The summed E-state index contributed by atoms with van der Waals surface area (Å²) in [5.74, 6) is 0.913. The molecule has 1 aliphatic rings. The number of nitrogens with zero attached hydrogens (tertiary/aromatic N) is 2. The number of anilines is 1. The molecule has 0 unspecified atom stereocenters. The van der Waals surface area contributed by atoms with Crippen LogP contribution in [-0.4, -0.2) is 31.6 Å². The van der Waals surface area contributed by atoms with Gasteiger partial charge < -0.3 is 10.2 Å². The van der Waals surface area contributed by atoms with E-state index in [4.69, 9.17) is 5.26 Å². The van der Waals surface area contributed by atoms with Crippen molar-refractivity contribution in [2.45, 2.75) is 32.6 Å². The second-order valence-corrected chi connectivity index (χ2v) is 5.96. The molecule has 1 saturated heterocycles. The Hall–Kier alpha value is -1.53. The lowest BCUT2D eigenvalue weighted by molar-refractivity contribution is 0.211. The third-order valence-corrected chi connectivity index (χ3v) is 4.30. The van der Waals surface area contributed by atoms with Crippen LogP contribution in [0.5, 0.6) is 0 Å². The largest absolute Gasteiger partial charge is 0.385 e. The molecule has 0 atom stereocenters. The van der Waals surface area contributed by atoms with Gasteiger partial charge in [0.2, 0.25) is 0 Å². The Morgan fingerprint density at radius 1 is 1.35 bits per heavy atom. The zero-order valence-electron chi connectivity index (χ0n) is 12.7. The number of hydrogen-bond acceptors (Lipinski definition) is 3. The summed E-state index contributed by atoms with van der Waals surface area (Å²) >= 11 is 0. The molecule has 3 nitrogen and oxygen atoms in total. The summed E-state index contributed by atoms with van der Waals surface area (Å²) in [6.45, 7) is 5.53. The van der Waals surface area contributed by atoms with E-state index in [1.54, 1.807) is 0 Å². The number of nitrogens with one attached hydrogen (secondary N) is 1. The number of benzene rings is 1. The molecule has 0 radical (unpaired) electrons. The molecule has 1 aromatic carbocycles. The van der Waals surface area contributed by atoms with Crippen molar-refractivity contribution in [2.24, 2.45) is 5.92 Å². The monoisotopic (exact) mass is 271 g/mol. The minimum atomic E-state index is 0.766. The van der Waals surface area contributed by atoms with Gasteiger partial charge in [0, 0.05) is 12.2 Å². The van der Waals surface area contributed by atoms with Crippen LogP contribution >= 0.6 is 0 Å². The maximum atomic E-state index is 8.91. The number of piperidine rings is 1. The van der Waals surface area contributed by atoms with Gasteiger partial charge in [-0.15, -0.1) is 0 Å². The average molecular weight is 271 g/mol. The van der Waals surface area contributed by atoms with Crippen molar-refractivity contribution in [3.8, 4) is 6.07 Å². The molecule has 1 aliphatic heterocycles. The number of nitriles is 1. The Balaban J connectivity index is 1.68. The van der Waals surface area contributed by atoms with Crippen molar-refractivity contribution >= 4 is 5.69 Å². The van der Waals surface area contributed by atoms with Crippen molar-refractivity contribution < 1.29 is 0 Å². The molecule has 0 aromatic heterocycles. The summed E-state index contributed by atoms with van der Waals surface area (Å²) in [5.41, 5.74) is 2.94. The Kier molecular flexibility index (Phi) is 5.43. The van der Waals surface area contributed by atoms with Gasteiger partial charge in [0.1, 0.15) is 0 Å². The lowest BCUT2D eigenvalue weighted by Crippen LogP contribution is -2.30. The van der Waals surface area contributed by atoms with E-state index in [9.17, 15) is 0 Å². The first kappa shape index (κ1) is 14.9. The predicted octanol–water partition coefficient (Wildman–Crippen LogP) is 3.40. The zero-order valence-corrected chi connectivity index (χ0v) is 12.7. The second kappa shape index (κ2) is 7.31. The van der Waals surface area contributed by atoms with Crippen LogP contribution in [-0.2, 0) is 0 Å². The second-order valence-electron chi connectivity index (χ2n) is 5.96. The van der Waals surface area contributed by atoms with Crippen LogP contribution in [0.25, 0.3) is 0 Å². The standard InChI is InChI=1S/C17H25N3/c1-14-12-17(6-5-16(14)13-18)19-9-3-4-15-7-10-20(2)11-8-15/h5-6,12,15,19H,3-4,7-11H2,1-2H3. The van der Waals surface area contributed by atoms with Crippen molar-refractivity contribution in [3.63, 3.8) is 0 Å². The van der Waals surface area contributed by atoms with Crippen LogP contribution in [0.1, 0.15) is 36.8 Å². The van der Waals surface area contributed by atoms with E-state index < -0.39 is 0 Å². The van der Waals surface area contributed by atoms with Crippen LogP contribution < -0.4 is 5.32 Å². The van der Waals surface area contributed by atoms with Gasteiger partial charge in [-0.1, -0.05) is 0 Å². The molecular weight excluding hydrogens is 246 g/mol. The first-order valence-electron chi connectivity index (χ1n) is 7.62. The number of rotatable bonds is 5. The summed E-state index contributed by atoms with van der Waals surface area (Å²) in [7, 11) is 2.21. The minimum absolute atomic E-state index is 0.766. The first-order valence-corrected chi connectivity index (χ1v) is 7.62. The fraction of sp³-hybridized carbons (Fsp3) is 0.588. The quantitative estimate of drug-likeness (QED) is 0.834. The van der Waals surface area contributed by atoms with Crippen molar-refractivity contribution in [1.82, 2.24) is 4.90 Å². The molecule has 0 bridgehead atoms. The first-order chi connectivity index (χ1) is 9.69. The molecule has 1 fully saturated rings. The molecule has 20 heavy (non-hydrogen) atoms. The van der Waals surface area contributed by atoms with Crippen LogP contribution in [0.4, 0.5) is 5.69 Å². The van der Waals surface area contributed by atoms with Gasteiger partial charge >= 0.3 is 0 Å². The molecule has 2 rings (SSSR count). The highest BCUT2D eigenvalue weighted by Gasteiger charge is 2.15. The Morgan fingerprint density at radius 3 is 2.75 bits per heavy atom. The highest BCUT2D eigenvalue weighted by atomic mass is 15.1. The highest BCUT2D eigenvalue weighted by molar-refractivity contribution is 5.51. The molecule has 0 spiro atoms. The molecule has 0 aliphatic carbocycles.